The third kappa shape index (κ3) is 7.41. The van der Waals surface area contributed by atoms with E-state index in [-0.39, 0.29) is 24.3 Å². The van der Waals surface area contributed by atoms with Crippen molar-refractivity contribution in [2.75, 3.05) is 48.8 Å². The smallest absolute Gasteiger partial charge is 0.254 e. The van der Waals surface area contributed by atoms with Crippen molar-refractivity contribution in [3.05, 3.63) is 90.0 Å². The molecule has 1 fully saturated rings. The zero-order valence-electron chi connectivity index (χ0n) is 20.0. The molecule has 186 valence electrons. The molecule has 3 N–H and O–H groups in total. The number of nitrogens with zero attached hydrogens (tertiary/aromatic N) is 1. The second-order valence-corrected chi connectivity index (χ2v) is 8.50. The van der Waals surface area contributed by atoms with E-state index in [2.05, 4.69) is 16.0 Å². The lowest BCUT2D eigenvalue weighted by atomic mass is 10.1. The number of carbonyl (C=O) groups excluding carboxylic acids is 3. The number of hydrogen-bond acceptors (Lipinski definition) is 5. The summed E-state index contributed by atoms with van der Waals surface area (Å²) in [6, 6.07) is 24.0. The Morgan fingerprint density at radius 2 is 1.42 bits per heavy atom. The Bertz CT molecular complexity index is 1190. The lowest BCUT2D eigenvalue weighted by Gasteiger charge is -2.27. The van der Waals surface area contributed by atoms with Crippen molar-refractivity contribution < 1.29 is 19.1 Å². The summed E-state index contributed by atoms with van der Waals surface area (Å²) in [6.45, 7) is 2.23. The summed E-state index contributed by atoms with van der Waals surface area (Å²) in [4.78, 5) is 39.2. The monoisotopic (exact) mass is 486 g/mol. The van der Waals surface area contributed by atoms with Gasteiger partial charge in [0, 0.05) is 42.1 Å². The van der Waals surface area contributed by atoms with Gasteiger partial charge in [0.05, 0.1) is 19.8 Å². The van der Waals surface area contributed by atoms with Gasteiger partial charge in [-0.05, 0) is 48.4 Å². The normalized spacial score (nSPS) is 13.1. The molecular weight excluding hydrogens is 456 g/mol. The van der Waals surface area contributed by atoms with Crippen LogP contribution in [0.25, 0.3) is 0 Å². The Hall–Kier alpha value is -4.17. The maximum atomic E-state index is 12.7. The first kappa shape index (κ1) is 24.9. The molecule has 0 aromatic heterocycles. The van der Waals surface area contributed by atoms with Gasteiger partial charge in [-0.3, -0.25) is 14.4 Å². The maximum absolute atomic E-state index is 12.7. The number of hydrogen-bond donors (Lipinski definition) is 3. The summed E-state index contributed by atoms with van der Waals surface area (Å²) in [5, 5.41) is 8.80. The quantitative estimate of drug-likeness (QED) is 0.428. The Kier molecular flexibility index (Phi) is 8.67. The number of rotatable bonds is 9. The molecule has 8 heteroatoms. The van der Waals surface area contributed by atoms with Gasteiger partial charge in [-0.15, -0.1) is 0 Å². The van der Waals surface area contributed by atoms with Crippen molar-refractivity contribution in [3.63, 3.8) is 0 Å². The minimum Gasteiger partial charge on any atom is -0.378 e. The Morgan fingerprint density at radius 3 is 2.19 bits per heavy atom. The van der Waals surface area contributed by atoms with E-state index < -0.39 is 0 Å². The van der Waals surface area contributed by atoms with Gasteiger partial charge in [-0.2, -0.15) is 0 Å². The van der Waals surface area contributed by atoms with Crippen molar-refractivity contribution in [3.8, 4) is 0 Å². The van der Waals surface area contributed by atoms with Gasteiger partial charge in [0.2, 0.25) is 11.8 Å². The van der Waals surface area contributed by atoms with Crippen LogP contribution in [0.2, 0.25) is 0 Å². The van der Waals surface area contributed by atoms with Crippen molar-refractivity contribution in [1.29, 1.82) is 0 Å². The molecule has 1 aliphatic heterocycles. The van der Waals surface area contributed by atoms with Crippen LogP contribution in [0.3, 0.4) is 0 Å². The van der Waals surface area contributed by atoms with E-state index in [1.54, 1.807) is 35.2 Å². The number of anilines is 3. The fraction of sp³-hybridized carbons (Fsp3) is 0.250. The van der Waals surface area contributed by atoms with Crippen molar-refractivity contribution >= 4 is 34.8 Å². The fourth-order valence-electron chi connectivity index (χ4n) is 3.90. The van der Waals surface area contributed by atoms with E-state index in [1.165, 1.54) is 0 Å². The number of ether oxygens (including phenoxy) is 1. The van der Waals surface area contributed by atoms with Gasteiger partial charge in [-0.1, -0.05) is 42.5 Å². The van der Waals surface area contributed by atoms with Crippen LogP contribution in [0, 0.1) is 0 Å². The average Bonchev–Trinajstić information content (AvgIpc) is 2.92. The van der Waals surface area contributed by atoms with Crippen molar-refractivity contribution in [2.45, 2.75) is 12.8 Å². The van der Waals surface area contributed by atoms with E-state index >= 15 is 0 Å². The van der Waals surface area contributed by atoms with E-state index in [0.717, 1.165) is 5.56 Å². The van der Waals surface area contributed by atoms with Crippen LogP contribution < -0.4 is 16.0 Å². The first-order valence-corrected chi connectivity index (χ1v) is 12.0. The van der Waals surface area contributed by atoms with Crippen LogP contribution in [0.5, 0.6) is 0 Å². The summed E-state index contributed by atoms with van der Waals surface area (Å²) < 4.78 is 5.30. The highest BCUT2D eigenvalue weighted by Crippen LogP contribution is 2.17. The van der Waals surface area contributed by atoms with Gasteiger partial charge < -0.3 is 25.6 Å². The highest BCUT2D eigenvalue weighted by Gasteiger charge is 2.18. The molecular formula is C28H30N4O4. The van der Waals surface area contributed by atoms with Crippen LogP contribution in [0.4, 0.5) is 17.1 Å². The highest BCUT2D eigenvalue weighted by molar-refractivity contribution is 5.98. The van der Waals surface area contributed by atoms with Crippen molar-refractivity contribution in [1.82, 2.24) is 4.90 Å². The molecule has 1 saturated heterocycles. The zero-order valence-corrected chi connectivity index (χ0v) is 20.0. The molecule has 3 aromatic carbocycles. The second-order valence-electron chi connectivity index (χ2n) is 8.50. The number of nitrogens with one attached hydrogen (secondary N) is 3. The van der Waals surface area contributed by atoms with Crippen LogP contribution in [0.15, 0.2) is 78.9 Å². The molecule has 0 spiro atoms. The molecule has 1 aliphatic rings. The molecule has 0 aliphatic carbocycles. The molecule has 8 nitrogen and oxygen atoms in total. The van der Waals surface area contributed by atoms with Crippen molar-refractivity contribution in [2.24, 2.45) is 0 Å². The zero-order chi connectivity index (χ0) is 25.2. The van der Waals surface area contributed by atoms with Crippen LogP contribution in [0.1, 0.15) is 22.3 Å². The molecule has 36 heavy (non-hydrogen) atoms. The largest absolute Gasteiger partial charge is 0.378 e. The molecule has 3 aromatic rings. The molecule has 0 radical (unpaired) electrons. The van der Waals surface area contributed by atoms with Gasteiger partial charge in [-0.25, -0.2) is 0 Å². The van der Waals surface area contributed by atoms with E-state index in [4.69, 9.17) is 4.74 Å². The molecule has 0 saturated carbocycles. The third-order valence-corrected chi connectivity index (χ3v) is 5.77. The number of benzene rings is 3. The summed E-state index contributed by atoms with van der Waals surface area (Å²) in [7, 11) is 0. The Balaban J connectivity index is 1.25. The predicted octanol–water partition coefficient (Wildman–Crippen LogP) is 3.78. The van der Waals surface area contributed by atoms with Crippen LogP contribution in [-0.2, 0) is 20.7 Å². The summed E-state index contributed by atoms with van der Waals surface area (Å²) >= 11 is 0. The third-order valence-electron chi connectivity index (χ3n) is 5.77. The molecule has 0 atom stereocenters. The summed E-state index contributed by atoms with van der Waals surface area (Å²) in [5.41, 5.74) is 3.57. The lowest BCUT2D eigenvalue weighted by Crippen LogP contribution is -2.40. The van der Waals surface area contributed by atoms with E-state index in [1.807, 2.05) is 48.5 Å². The molecule has 3 amide bonds. The number of amides is 3. The van der Waals surface area contributed by atoms with Crippen LogP contribution in [-0.4, -0.2) is 55.5 Å². The number of carbonyl (C=O) groups is 3. The van der Waals surface area contributed by atoms with Gasteiger partial charge in [0.1, 0.15) is 0 Å². The standard InChI is InChI=1S/C28H30N4O4/c33-26(13-12-21-6-2-1-3-7-21)30-25-11-5-9-23(19-25)29-20-27(34)31-24-10-4-8-22(18-24)28(35)32-14-16-36-17-15-32/h1-11,18-19,29H,12-17,20H2,(H,30,33)(H,31,34). The summed E-state index contributed by atoms with van der Waals surface area (Å²) in [6.07, 6.45) is 1.06. The van der Waals surface area contributed by atoms with Gasteiger partial charge >= 0.3 is 0 Å². The minimum absolute atomic E-state index is 0.0348. The molecule has 0 unspecified atom stereocenters. The second kappa shape index (κ2) is 12.5. The van der Waals surface area contributed by atoms with Gasteiger partial charge in [0.15, 0.2) is 0 Å². The molecule has 4 rings (SSSR count). The Morgan fingerprint density at radius 1 is 0.750 bits per heavy atom. The highest BCUT2D eigenvalue weighted by atomic mass is 16.5. The minimum atomic E-state index is -0.247. The Labute approximate surface area is 210 Å². The first-order chi connectivity index (χ1) is 17.6. The SMILES string of the molecule is O=C(CCc1ccccc1)Nc1cccc(NCC(=O)Nc2cccc(C(=O)N3CCOCC3)c2)c1. The topological polar surface area (TPSA) is 99.8 Å². The molecule has 1 heterocycles. The molecule has 0 bridgehead atoms. The average molecular weight is 487 g/mol. The van der Waals surface area contributed by atoms with Gasteiger partial charge in [0.25, 0.3) is 5.91 Å². The predicted molar refractivity (Wildman–Crippen MR) is 140 cm³/mol. The number of morpholine rings is 1. The maximum Gasteiger partial charge on any atom is 0.254 e. The fourth-order valence-corrected chi connectivity index (χ4v) is 3.90. The first-order valence-electron chi connectivity index (χ1n) is 12.0. The lowest BCUT2D eigenvalue weighted by molar-refractivity contribution is -0.116. The number of aryl methyl sites for hydroxylation is 1. The van der Waals surface area contributed by atoms with Crippen LogP contribution >= 0.6 is 0 Å². The van der Waals surface area contributed by atoms with E-state index in [9.17, 15) is 14.4 Å². The van der Waals surface area contributed by atoms with E-state index in [0.29, 0.717) is 61.8 Å². The summed E-state index contributed by atoms with van der Waals surface area (Å²) in [5.74, 6) is -0.390.